The van der Waals surface area contributed by atoms with E-state index >= 15 is 0 Å². The van der Waals surface area contributed by atoms with Gasteiger partial charge >= 0.3 is 5.97 Å². The van der Waals surface area contributed by atoms with Crippen LogP contribution in [0, 0.1) is 11.8 Å². The van der Waals surface area contributed by atoms with Crippen LogP contribution in [0.3, 0.4) is 0 Å². The average molecular weight is 434 g/mol. The van der Waals surface area contributed by atoms with Gasteiger partial charge in [0.25, 0.3) is 5.56 Å². The number of aromatic nitrogens is 1. The van der Waals surface area contributed by atoms with Crippen molar-refractivity contribution in [2.75, 3.05) is 25.0 Å². The van der Waals surface area contributed by atoms with Crippen molar-refractivity contribution in [3.05, 3.63) is 39.7 Å². The van der Waals surface area contributed by atoms with E-state index in [4.69, 9.17) is 4.74 Å². The van der Waals surface area contributed by atoms with Gasteiger partial charge in [-0.15, -0.1) is 12.4 Å². The van der Waals surface area contributed by atoms with Gasteiger partial charge in [-0.3, -0.25) is 4.79 Å². The molecule has 2 aliphatic heterocycles. The summed E-state index contributed by atoms with van der Waals surface area (Å²) in [5.41, 5.74) is 0.938. The van der Waals surface area contributed by atoms with Gasteiger partial charge in [0.05, 0.1) is 12.3 Å². The van der Waals surface area contributed by atoms with Gasteiger partial charge in [0.15, 0.2) is 5.56 Å². The van der Waals surface area contributed by atoms with Gasteiger partial charge in [-0.05, 0) is 43.4 Å². The summed E-state index contributed by atoms with van der Waals surface area (Å²) in [5, 5.41) is 26.7. The van der Waals surface area contributed by atoms with E-state index in [0.29, 0.717) is 41.0 Å². The van der Waals surface area contributed by atoms with E-state index in [9.17, 15) is 19.8 Å². The topological polar surface area (TPSA) is 124 Å². The van der Waals surface area contributed by atoms with Gasteiger partial charge in [0.2, 0.25) is 0 Å². The van der Waals surface area contributed by atoms with Crippen molar-refractivity contribution in [2.24, 2.45) is 11.8 Å². The quantitative estimate of drug-likeness (QED) is 0.502. The number of aromatic amines is 1. The highest BCUT2D eigenvalue weighted by Crippen LogP contribution is 2.40. The number of hydrogen-bond acceptors (Lipinski definition) is 6. The minimum Gasteiger partial charge on any atom is -0.506 e. The minimum atomic E-state index is -1.45. The Morgan fingerprint density at radius 2 is 2.07 bits per heavy atom. The third-order valence-electron chi connectivity index (χ3n) is 6.47. The maximum Gasteiger partial charge on any atom is 0.345 e. The molecule has 9 heteroatoms. The number of carboxylic acid groups (broad SMARTS) is 1. The Morgan fingerprint density at radius 3 is 2.87 bits per heavy atom. The molecular formula is C21H24ClN3O5. The fourth-order valence-corrected chi connectivity index (χ4v) is 5.04. The molecule has 3 heterocycles. The summed E-state index contributed by atoms with van der Waals surface area (Å²) in [4.78, 5) is 26.2. The smallest absolute Gasteiger partial charge is 0.345 e. The standard InChI is InChI=1S/C21H23N3O5.ClH/c25-19-13-5-6-29-16-7-11(23-15-4-1-10-8-22-9-14(10)15)2-3-12(16)18(13)24-20(26)17(19)21(27)28;/h2-3,7,10,14-15,22-23H,1,4-6,8-9H2,(H,27,28)(H2,24,25,26);1H/t10-,14+,15?;/m1./s1. The molecular weight excluding hydrogens is 410 g/mol. The number of carboxylic acids is 1. The second-order valence-corrected chi connectivity index (χ2v) is 8.06. The molecule has 5 N–H and O–H groups in total. The number of pyridine rings is 1. The zero-order valence-electron chi connectivity index (χ0n) is 16.2. The molecule has 3 atom stereocenters. The molecule has 0 radical (unpaired) electrons. The molecule has 1 aromatic heterocycles. The average Bonchev–Trinajstić information content (AvgIpc) is 3.23. The fraction of sp³-hybridized carbons (Fsp3) is 0.429. The highest BCUT2D eigenvalue weighted by molar-refractivity contribution is 5.92. The van der Waals surface area contributed by atoms with E-state index in [0.717, 1.165) is 31.1 Å². The van der Waals surface area contributed by atoms with E-state index < -0.39 is 22.8 Å². The van der Waals surface area contributed by atoms with Crippen LogP contribution in [0.1, 0.15) is 28.8 Å². The molecule has 1 unspecified atom stereocenters. The molecule has 2 aromatic rings. The van der Waals surface area contributed by atoms with Crippen molar-refractivity contribution in [1.82, 2.24) is 10.3 Å². The second kappa shape index (κ2) is 7.85. The minimum absolute atomic E-state index is 0. The Bertz CT molecular complexity index is 1050. The van der Waals surface area contributed by atoms with Crippen LogP contribution in [-0.4, -0.2) is 46.9 Å². The molecule has 5 rings (SSSR count). The summed E-state index contributed by atoms with van der Waals surface area (Å²) in [6, 6.07) is 6.12. The van der Waals surface area contributed by atoms with Crippen LogP contribution in [0.25, 0.3) is 11.3 Å². The first-order valence-electron chi connectivity index (χ1n) is 9.99. The second-order valence-electron chi connectivity index (χ2n) is 8.06. The van der Waals surface area contributed by atoms with Gasteiger partial charge in [-0.2, -0.15) is 0 Å². The van der Waals surface area contributed by atoms with Crippen molar-refractivity contribution in [1.29, 1.82) is 0 Å². The first-order valence-corrected chi connectivity index (χ1v) is 9.99. The Hall–Kier alpha value is -2.71. The number of nitrogens with one attached hydrogen (secondary N) is 3. The molecule has 2 fully saturated rings. The number of carbonyl (C=O) groups is 1. The van der Waals surface area contributed by atoms with Gasteiger partial charge in [-0.1, -0.05) is 0 Å². The first kappa shape index (κ1) is 20.6. The van der Waals surface area contributed by atoms with Gasteiger partial charge in [0, 0.05) is 41.9 Å². The molecule has 160 valence electrons. The maximum absolute atomic E-state index is 12.2. The predicted molar refractivity (Wildman–Crippen MR) is 114 cm³/mol. The van der Waals surface area contributed by atoms with Crippen molar-refractivity contribution < 1.29 is 19.7 Å². The number of aromatic carboxylic acids is 1. The normalized spacial score (nSPS) is 23.9. The Kier molecular flexibility index (Phi) is 5.38. The van der Waals surface area contributed by atoms with Crippen molar-refractivity contribution in [3.63, 3.8) is 0 Å². The van der Waals surface area contributed by atoms with Crippen LogP contribution < -0.4 is 20.9 Å². The number of fused-ring (bicyclic) bond motifs is 4. The molecule has 0 bridgehead atoms. The van der Waals surface area contributed by atoms with Crippen LogP contribution in [-0.2, 0) is 6.42 Å². The summed E-state index contributed by atoms with van der Waals surface area (Å²) < 4.78 is 5.89. The Morgan fingerprint density at radius 1 is 1.23 bits per heavy atom. The molecule has 1 aromatic carbocycles. The lowest BCUT2D eigenvalue weighted by atomic mass is 9.97. The molecule has 1 saturated carbocycles. The summed E-state index contributed by atoms with van der Waals surface area (Å²) in [6.07, 6.45) is 2.68. The number of H-pyrrole nitrogens is 1. The summed E-state index contributed by atoms with van der Waals surface area (Å²) in [6.45, 7) is 2.42. The Labute approximate surface area is 179 Å². The van der Waals surface area contributed by atoms with Crippen LogP contribution >= 0.6 is 12.4 Å². The zero-order valence-corrected chi connectivity index (χ0v) is 17.1. The van der Waals surface area contributed by atoms with E-state index in [2.05, 4.69) is 15.6 Å². The SMILES string of the molecule is Cl.O=C(O)c1c(O)c2c([nH]c1=O)-c1ccc(NC3CC[C@@H]4CNC[C@H]34)cc1OCC2. The lowest BCUT2D eigenvalue weighted by Crippen LogP contribution is -2.28. The van der Waals surface area contributed by atoms with E-state index in [1.807, 2.05) is 18.2 Å². The summed E-state index contributed by atoms with van der Waals surface area (Å²) in [5.74, 6) is 0.0467. The lowest BCUT2D eigenvalue weighted by Gasteiger charge is -2.21. The van der Waals surface area contributed by atoms with Crippen molar-refractivity contribution in [3.8, 4) is 22.8 Å². The molecule has 8 nitrogen and oxygen atoms in total. The van der Waals surface area contributed by atoms with Gasteiger partial charge in [0.1, 0.15) is 11.5 Å². The van der Waals surface area contributed by atoms with E-state index in [1.165, 1.54) is 6.42 Å². The van der Waals surface area contributed by atoms with Crippen LogP contribution in [0.2, 0.25) is 0 Å². The monoisotopic (exact) mass is 433 g/mol. The highest BCUT2D eigenvalue weighted by atomic mass is 35.5. The highest BCUT2D eigenvalue weighted by Gasteiger charge is 2.39. The molecule has 1 aliphatic carbocycles. The number of aromatic hydroxyl groups is 1. The van der Waals surface area contributed by atoms with Crippen molar-refractivity contribution in [2.45, 2.75) is 25.3 Å². The van der Waals surface area contributed by atoms with Crippen LogP contribution in [0.15, 0.2) is 23.0 Å². The Balaban J connectivity index is 0.00000218. The molecule has 0 spiro atoms. The third kappa shape index (κ3) is 3.30. The number of benzene rings is 1. The van der Waals surface area contributed by atoms with Crippen LogP contribution in [0.4, 0.5) is 5.69 Å². The molecule has 1 saturated heterocycles. The van der Waals surface area contributed by atoms with Crippen LogP contribution in [0.5, 0.6) is 11.5 Å². The summed E-state index contributed by atoms with van der Waals surface area (Å²) in [7, 11) is 0. The molecule has 0 amide bonds. The first-order chi connectivity index (χ1) is 14.0. The van der Waals surface area contributed by atoms with Gasteiger partial charge < -0.3 is 30.6 Å². The number of rotatable bonds is 3. The predicted octanol–water partition coefficient (Wildman–Crippen LogP) is 2.21. The third-order valence-corrected chi connectivity index (χ3v) is 6.47. The maximum atomic E-state index is 12.2. The van der Waals surface area contributed by atoms with Crippen molar-refractivity contribution >= 4 is 24.1 Å². The fourth-order valence-electron chi connectivity index (χ4n) is 5.04. The zero-order chi connectivity index (χ0) is 20.1. The lowest BCUT2D eigenvalue weighted by molar-refractivity contribution is 0.0691. The van der Waals surface area contributed by atoms with E-state index in [-0.39, 0.29) is 19.0 Å². The number of anilines is 1. The van der Waals surface area contributed by atoms with Gasteiger partial charge in [-0.25, -0.2) is 4.79 Å². The number of hydrogen-bond donors (Lipinski definition) is 5. The summed E-state index contributed by atoms with van der Waals surface area (Å²) >= 11 is 0. The number of ether oxygens (including phenoxy) is 1. The molecule has 3 aliphatic rings. The largest absolute Gasteiger partial charge is 0.506 e. The number of halogens is 1. The molecule has 30 heavy (non-hydrogen) atoms. The van der Waals surface area contributed by atoms with E-state index in [1.54, 1.807) is 0 Å².